The molecule has 0 saturated carbocycles. The summed E-state index contributed by atoms with van der Waals surface area (Å²) in [6, 6.07) is 5.46. The summed E-state index contributed by atoms with van der Waals surface area (Å²) in [5, 5.41) is 0. The lowest BCUT2D eigenvalue weighted by atomic mass is 10.2. The number of amides is 1. The van der Waals surface area contributed by atoms with Crippen molar-refractivity contribution in [1.29, 1.82) is 0 Å². The lowest BCUT2D eigenvalue weighted by Crippen LogP contribution is -2.26. The number of benzene rings is 1. The topological polar surface area (TPSA) is 55.6 Å². The van der Waals surface area contributed by atoms with Crippen LogP contribution in [0.5, 0.6) is 5.75 Å². The molecule has 1 amide bonds. The van der Waals surface area contributed by atoms with Crippen molar-refractivity contribution in [3.63, 3.8) is 0 Å². The fourth-order valence-electron chi connectivity index (χ4n) is 2.09. The third-order valence-corrected chi connectivity index (χ3v) is 3.00. The van der Waals surface area contributed by atoms with E-state index in [2.05, 4.69) is 9.72 Å². The minimum atomic E-state index is -4.76. The molecule has 2 rings (SSSR count). The maximum Gasteiger partial charge on any atom is 0.573 e. The van der Waals surface area contributed by atoms with Crippen molar-refractivity contribution in [1.82, 2.24) is 9.88 Å². The van der Waals surface area contributed by atoms with Gasteiger partial charge in [-0.25, -0.2) is 4.98 Å². The van der Waals surface area contributed by atoms with Crippen LogP contribution in [0.4, 0.5) is 13.2 Å². The van der Waals surface area contributed by atoms with Crippen LogP contribution in [-0.2, 0) is 6.54 Å². The monoisotopic (exact) mass is 328 g/mol. The Balaban J connectivity index is 2.11. The Bertz CT molecular complexity index is 710. The molecule has 1 heterocycles. The number of nitrogens with zero attached hydrogens (tertiary/aromatic N) is 2. The molecule has 1 aromatic heterocycles. The average Bonchev–Trinajstić information content (AvgIpc) is 2.75. The Labute approximate surface area is 130 Å². The molecule has 0 aliphatic carbocycles. The molecule has 0 N–H and O–H groups in total. The second-order valence-corrected chi connectivity index (χ2v) is 5.00. The minimum Gasteiger partial charge on any atom is -0.436 e. The van der Waals surface area contributed by atoms with Crippen molar-refractivity contribution in [3.8, 4) is 5.75 Å². The zero-order valence-corrected chi connectivity index (χ0v) is 12.8. The van der Waals surface area contributed by atoms with Crippen LogP contribution < -0.4 is 4.74 Å². The highest BCUT2D eigenvalue weighted by molar-refractivity contribution is 5.92. The Morgan fingerprint density at radius 1 is 1.35 bits per heavy atom. The molecule has 0 atom stereocenters. The van der Waals surface area contributed by atoms with Gasteiger partial charge in [-0.15, -0.1) is 13.2 Å². The quantitative estimate of drug-likeness (QED) is 0.862. The fraction of sp³-hybridized carbons (Fsp3) is 0.333. The van der Waals surface area contributed by atoms with Gasteiger partial charge in [0, 0.05) is 20.5 Å². The zero-order chi connectivity index (χ0) is 17.2. The largest absolute Gasteiger partial charge is 0.573 e. The molecule has 23 heavy (non-hydrogen) atoms. The molecule has 0 aliphatic rings. The maximum atomic E-state index is 12.3. The minimum absolute atomic E-state index is 0.104. The predicted octanol–water partition coefficient (Wildman–Crippen LogP) is 3.46. The molecule has 2 aromatic rings. The maximum absolute atomic E-state index is 12.3. The van der Waals surface area contributed by atoms with E-state index in [-0.39, 0.29) is 18.1 Å². The number of ether oxygens (including phenoxy) is 1. The number of aromatic nitrogens is 1. The van der Waals surface area contributed by atoms with Crippen LogP contribution in [0.3, 0.4) is 0 Å². The Morgan fingerprint density at radius 2 is 2.04 bits per heavy atom. The van der Waals surface area contributed by atoms with Crippen molar-refractivity contribution in [3.05, 3.63) is 47.2 Å². The number of halogens is 3. The molecule has 0 unspecified atom stereocenters. The van der Waals surface area contributed by atoms with Crippen LogP contribution in [0.15, 0.2) is 28.7 Å². The lowest BCUT2D eigenvalue weighted by molar-refractivity contribution is -0.274. The van der Waals surface area contributed by atoms with Crippen molar-refractivity contribution in [2.24, 2.45) is 0 Å². The van der Waals surface area contributed by atoms with Crippen molar-refractivity contribution >= 4 is 5.91 Å². The summed E-state index contributed by atoms with van der Waals surface area (Å²) >= 11 is 0. The number of carbonyl (C=O) groups is 1. The third kappa shape index (κ3) is 4.48. The number of hydrogen-bond acceptors (Lipinski definition) is 4. The normalized spacial score (nSPS) is 11.4. The second kappa shape index (κ2) is 6.31. The molecule has 5 nitrogen and oxygen atoms in total. The lowest BCUT2D eigenvalue weighted by Gasteiger charge is -2.17. The Hall–Kier alpha value is -2.51. The van der Waals surface area contributed by atoms with E-state index in [1.807, 2.05) is 0 Å². The van der Waals surface area contributed by atoms with Gasteiger partial charge in [0.25, 0.3) is 5.91 Å². The van der Waals surface area contributed by atoms with Gasteiger partial charge in [0.15, 0.2) is 5.89 Å². The van der Waals surface area contributed by atoms with Gasteiger partial charge in [-0.3, -0.25) is 4.79 Å². The molecule has 1 aromatic carbocycles. The van der Waals surface area contributed by atoms with E-state index >= 15 is 0 Å². The van der Waals surface area contributed by atoms with Gasteiger partial charge in [0.05, 0.1) is 5.69 Å². The number of rotatable bonds is 4. The first-order chi connectivity index (χ1) is 10.7. The van der Waals surface area contributed by atoms with Gasteiger partial charge in [0.1, 0.15) is 5.75 Å². The highest BCUT2D eigenvalue weighted by Crippen LogP contribution is 2.24. The number of aryl methyl sites for hydroxylation is 2. The van der Waals surface area contributed by atoms with E-state index in [1.165, 1.54) is 30.1 Å². The van der Waals surface area contributed by atoms with Gasteiger partial charge in [-0.1, -0.05) is 12.1 Å². The molecular formula is C15H15F3N2O3. The summed E-state index contributed by atoms with van der Waals surface area (Å²) in [4.78, 5) is 17.6. The van der Waals surface area contributed by atoms with E-state index < -0.39 is 12.3 Å². The second-order valence-electron chi connectivity index (χ2n) is 5.00. The standard InChI is InChI=1S/C15H15F3N2O3/c1-9-13(22-10(2)19-9)14(21)20(3)8-11-5-4-6-12(7-11)23-15(16,17)18/h4-7H,8H2,1-3H3. The van der Waals surface area contributed by atoms with Crippen LogP contribution >= 0.6 is 0 Å². The van der Waals surface area contributed by atoms with E-state index in [0.29, 0.717) is 17.1 Å². The first kappa shape index (κ1) is 16.9. The van der Waals surface area contributed by atoms with Crippen LogP contribution in [-0.4, -0.2) is 29.2 Å². The molecule has 8 heteroatoms. The summed E-state index contributed by atoms with van der Waals surface area (Å²) in [6.07, 6.45) is -4.76. The van der Waals surface area contributed by atoms with Crippen molar-refractivity contribution in [2.75, 3.05) is 7.05 Å². The highest BCUT2D eigenvalue weighted by Gasteiger charge is 2.31. The van der Waals surface area contributed by atoms with Gasteiger partial charge in [0.2, 0.25) is 5.76 Å². The van der Waals surface area contributed by atoms with E-state index in [9.17, 15) is 18.0 Å². The Kier molecular flexibility index (Phi) is 4.63. The smallest absolute Gasteiger partial charge is 0.436 e. The van der Waals surface area contributed by atoms with Gasteiger partial charge < -0.3 is 14.1 Å². The van der Waals surface area contributed by atoms with E-state index in [0.717, 1.165) is 0 Å². The molecule has 0 spiro atoms. The van der Waals surface area contributed by atoms with E-state index in [4.69, 9.17) is 4.42 Å². The number of oxazole rings is 1. The van der Waals surface area contributed by atoms with Crippen molar-refractivity contribution in [2.45, 2.75) is 26.8 Å². The summed E-state index contributed by atoms with van der Waals surface area (Å²) < 4.78 is 45.8. The first-order valence-electron chi connectivity index (χ1n) is 6.70. The fourth-order valence-corrected chi connectivity index (χ4v) is 2.09. The summed E-state index contributed by atoms with van der Waals surface area (Å²) in [5.41, 5.74) is 0.963. The summed E-state index contributed by atoms with van der Waals surface area (Å²) in [6.45, 7) is 3.38. The van der Waals surface area contributed by atoms with Gasteiger partial charge >= 0.3 is 6.36 Å². The van der Waals surface area contributed by atoms with Crippen LogP contribution in [0.25, 0.3) is 0 Å². The van der Waals surface area contributed by atoms with E-state index in [1.54, 1.807) is 19.9 Å². The molecule has 0 bridgehead atoms. The zero-order valence-electron chi connectivity index (χ0n) is 12.8. The molecule has 0 saturated heterocycles. The molecule has 124 valence electrons. The van der Waals surface area contributed by atoms with Crippen LogP contribution in [0.1, 0.15) is 27.7 Å². The molecule has 0 aliphatic heterocycles. The summed E-state index contributed by atoms with van der Waals surface area (Å²) in [7, 11) is 1.52. The highest BCUT2D eigenvalue weighted by atomic mass is 19.4. The first-order valence-corrected chi connectivity index (χ1v) is 6.70. The van der Waals surface area contributed by atoms with Crippen LogP contribution in [0.2, 0.25) is 0 Å². The third-order valence-electron chi connectivity index (χ3n) is 3.00. The SMILES string of the molecule is Cc1nc(C)c(C(=O)N(C)Cc2cccc(OC(F)(F)F)c2)o1. The molecule has 0 fully saturated rings. The van der Waals surface area contributed by atoms with Gasteiger partial charge in [-0.05, 0) is 24.6 Å². The summed E-state index contributed by atoms with van der Waals surface area (Å²) in [5.74, 6) is -0.236. The van der Waals surface area contributed by atoms with Crippen LogP contribution in [0, 0.1) is 13.8 Å². The number of alkyl halides is 3. The predicted molar refractivity (Wildman–Crippen MR) is 74.9 cm³/mol. The van der Waals surface area contributed by atoms with Gasteiger partial charge in [-0.2, -0.15) is 0 Å². The average molecular weight is 328 g/mol. The number of hydrogen-bond donors (Lipinski definition) is 0. The number of carbonyl (C=O) groups excluding carboxylic acids is 1. The Morgan fingerprint density at radius 3 is 2.61 bits per heavy atom. The molecular weight excluding hydrogens is 313 g/mol. The van der Waals surface area contributed by atoms with Crippen molar-refractivity contribution < 1.29 is 27.1 Å². The molecule has 0 radical (unpaired) electrons.